The lowest BCUT2D eigenvalue weighted by molar-refractivity contribution is 0.868. The van der Waals surface area contributed by atoms with Gasteiger partial charge in [-0.25, -0.2) is 0 Å². The van der Waals surface area contributed by atoms with Crippen LogP contribution in [0.3, 0.4) is 0 Å². The summed E-state index contributed by atoms with van der Waals surface area (Å²) in [5.41, 5.74) is 2.44. The average molecular weight is 221 g/mol. The molecule has 17 heavy (non-hydrogen) atoms. The van der Waals surface area contributed by atoms with Crippen molar-refractivity contribution >= 4 is 21.7 Å². The summed E-state index contributed by atoms with van der Waals surface area (Å²) in [6, 6.07) is 15.0. The van der Waals surface area contributed by atoms with Crippen LogP contribution in [0.15, 0.2) is 48.7 Å². The molecule has 1 heterocycles. The minimum atomic E-state index is 0.549. The van der Waals surface area contributed by atoms with Crippen LogP contribution in [-0.2, 0) is 0 Å². The van der Waals surface area contributed by atoms with E-state index in [4.69, 9.17) is 0 Å². The second kappa shape index (κ2) is 3.85. The van der Waals surface area contributed by atoms with E-state index >= 15 is 0 Å². The smallest absolute Gasteiger partial charge is 0.0711 e. The van der Waals surface area contributed by atoms with E-state index in [0.717, 1.165) is 5.52 Å². The molecule has 0 unspecified atom stereocenters. The maximum absolute atomic E-state index is 4.55. The minimum absolute atomic E-state index is 0.549. The molecule has 0 radical (unpaired) electrons. The van der Waals surface area contributed by atoms with E-state index in [2.05, 4.69) is 61.3 Å². The van der Waals surface area contributed by atoms with Gasteiger partial charge in [-0.05, 0) is 22.9 Å². The molecule has 1 nitrogen and oxygen atoms in total. The Bertz CT molecular complexity index is 683. The number of pyridine rings is 1. The zero-order valence-corrected chi connectivity index (χ0v) is 10.1. The highest BCUT2D eigenvalue weighted by Crippen LogP contribution is 2.26. The summed E-state index contributed by atoms with van der Waals surface area (Å²) in [5.74, 6) is 0.549. The Kier molecular flexibility index (Phi) is 2.32. The van der Waals surface area contributed by atoms with Crippen LogP contribution < -0.4 is 0 Å². The van der Waals surface area contributed by atoms with Crippen molar-refractivity contribution in [3.05, 3.63) is 54.2 Å². The summed E-state index contributed by atoms with van der Waals surface area (Å²) in [5, 5.41) is 3.73. The van der Waals surface area contributed by atoms with Gasteiger partial charge in [-0.2, -0.15) is 0 Å². The molecular formula is C16H15N. The van der Waals surface area contributed by atoms with Crippen molar-refractivity contribution in [2.45, 2.75) is 19.8 Å². The number of rotatable bonds is 1. The average Bonchev–Trinajstić information content (AvgIpc) is 2.38. The third-order valence-electron chi connectivity index (χ3n) is 3.28. The van der Waals surface area contributed by atoms with Gasteiger partial charge in [-0.15, -0.1) is 0 Å². The lowest BCUT2D eigenvalue weighted by Gasteiger charge is -2.08. The van der Waals surface area contributed by atoms with Gasteiger partial charge in [0.25, 0.3) is 0 Å². The molecule has 0 aliphatic carbocycles. The first-order valence-electron chi connectivity index (χ1n) is 6.03. The van der Waals surface area contributed by atoms with Gasteiger partial charge < -0.3 is 0 Å². The van der Waals surface area contributed by atoms with Gasteiger partial charge in [0.15, 0.2) is 0 Å². The molecule has 0 saturated carbocycles. The second-order valence-corrected chi connectivity index (χ2v) is 4.78. The third-order valence-corrected chi connectivity index (χ3v) is 3.28. The van der Waals surface area contributed by atoms with Gasteiger partial charge in [0.05, 0.1) is 5.52 Å². The highest BCUT2D eigenvalue weighted by molar-refractivity contribution is 6.05. The molecule has 1 aromatic heterocycles. The maximum Gasteiger partial charge on any atom is 0.0711 e. The number of aromatic nitrogens is 1. The molecule has 0 spiro atoms. The van der Waals surface area contributed by atoms with Gasteiger partial charge in [-0.3, -0.25) is 4.98 Å². The van der Waals surface area contributed by atoms with Crippen LogP contribution in [0.25, 0.3) is 21.7 Å². The first kappa shape index (κ1) is 10.3. The molecule has 0 atom stereocenters. The first-order valence-corrected chi connectivity index (χ1v) is 6.03. The predicted molar refractivity (Wildman–Crippen MR) is 73.3 cm³/mol. The molecule has 3 rings (SSSR count). The van der Waals surface area contributed by atoms with Gasteiger partial charge in [0.1, 0.15) is 0 Å². The van der Waals surface area contributed by atoms with Crippen molar-refractivity contribution in [1.82, 2.24) is 4.98 Å². The molecule has 0 aliphatic heterocycles. The molecule has 0 aliphatic rings. The Hall–Kier alpha value is -1.89. The molecular weight excluding hydrogens is 206 g/mol. The van der Waals surface area contributed by atoms with Crippen molar-refractivity contribution in [2.75, 3.05) is 0 Å². The SMILES string of the molecule is CC(C)c1ccc2c(c1)ncc1ccccc12. The quantitative estimate of drug-likeness (QED) is 0.551. The summed E-state index contributed by atoms with van der Waals surface area (Å²) in [6.07, 6.45) is 1.96. The molecule has 0 saturated heterocycles. The highest BCUT2D eigenvalue weighted by Gasteiger charge is 2.04. The van der Waals surface area contributed by atoms with Crippen LogP contribution in [0, 0.1) is 0 Å². The number of fused-ring (bicyclic) bond motifs is 3. The predicted octanol–water partition coefficient (Wildman–Crippen LogP) is 4.51. The zero-order valence-electron chi connectivity index (χ0n) is 10.1. The molecule has 2 aromatic carbocycles. The van der Waals surface area contributed by atoms with E-state index < -0.39 is 0 Å². The van der Waals surface area contributed by atoms with E-state index in [0.29, 0.717) is 5.92 Å². The second-order valence-electron chi connectivity index (χ2n) is 4.78. The summed E-state index contributed by atoms with van der Waals surface area (Å²) in [6.45, 7) is 4.42. The van der Waals surface area contributed by atoms with E-state index in [1.165, 1.54) is 21.7 Å². The fraction of sp³-hybridized carbons (Fsp3) is 0.188. The van der Waals surface area contributed by atoms with Gasteiger partial charge in [-0.1, -0.05) is 50.2 Å². The third kappa shape index (κ3) is 1.68. The highest BCUT2D eigenvalue weighted by atomic mass is 14.6. The Balaban J connectivity index is 2.37. The molecule has 84 valence electrons. The number of hydrogen-bond acceptors (Lipinski definition) is 1. The lowest BCUT2D eigenvalue weighted by Crippen LogP contribution is -1.89. The van der Waals surface area contributed by atoms with Crippen LogP contribution in [0.2, 0.25) is 0 Å². The lowest BCUT2D eigenvalue weighted by atomic mass is 9.99. The van der Waals surface area contributed by atoms with Crippen LogP contribution in [0.1, 0.15) is 25.3 Å². The summed E-state index contributed by atoms with van der Waals surface area (Å²) in [7, 11) is 0. The van der Waals surface area contributed by atoms with E-state index in [1.807, 2.05) is 6.20 Å². The molecule has 0 bridgehead atoms. The summed E-state index contributed by atoms with van der Waals surface area (Å²) >= 11 is 0. The standard InChI is InChI=1S/C16H15N/c1-11(2)12-7-8-15-14-6-4-3-5-13(14)10-17-16(15)9-12/h3-11H,1-2H3. The van der Waals surface area contributed by atoms with Crippen LogP contribution in [0.4, 0.5) is 0 Å². The monoisotopic (exact) mass is 221 g/mol. The molecule has 0 fully saturated rings. The van der Waals surface area contributed by atoms with Crippen molar-refractivity contribution in [3.8, 4) is 0 Å². The van der Waals surface area contributed by atoms with Crippen molar-refractivity contribution in [3.63, 3.8) is 0 Å². The van der Waals surface area contributed by atoms with Crippen molar-refractivity contribution in [1.29, 1.82) is 0 Å². The Morgan fingerprint density at radius 2 is 1.76 bits per heavy atom. The fourth-order valence-electron chi connectivity index (χ4n) is 2.24. The maximum atomic E-state index is 4.55. The van der Waals surface area contributed by atoms with Gasteiger partial charge in [0, 0.05) is 17.0 Å². The topological polar surface area (TPSA) is 12.9 Å². The summed E-state index contributed by atoms with van der Waals surface area (Å²) in [4.78, 5) is 4.55. The largest absolute Gasteiger partial charge is 0.256 e. The van der Waals surface area contributed by atoms with Crippen molar-refractivity contribution in [2.24, 2.45) is 0 Å². The fourth-order valence-corrected chi connectivity index (χ4v) is 2.24. The molecule has 0 amide bonds. The van der Waals surface area contributed by atoms with Crippen LogP contribution in [0.5, 0.6) is 0 Å². The van der Waals surface area contributed by atoms with Gasteiger partial charge in [0.2, 0.25) is 0 Å². The van der Waals surface area contributed by atoms with E-state index in [-0.39, 0.29) is 0 Å². The van der Waals surface area contributed by atoms with E-state index in [9.17, 15) is 0 Å². The van der Waals surface area contributed by atoms with Gasteiger partial charge >= 0.3 is 0 Å². The van der Waals surface area contributed by atoms with Crippen molar-refractivity contribution < 1.29 is 0 Å². The molecule has 0 N–H and O–H groups in total. The van der Waals surface area contributed by atoms with Crippen LogP contribution in [-0.4, -0.2) is 4.98 Å². The Morgan fingerprint density at radius 1 is 0.941 bits per heavy atom. The normalized spacial score (nSPS) is 11.5. The Labute approximate surface area is 101 Å². The Morgan fingerprint density at radius 3 is 2.59 bits per heavy atom. The first-order chi connectivity index (χ1) is 8.25. The number of hydrogen-bond donors (Lipinski definition) is 0. The minimum Gasteiger partial charge on any atom is -0.256 e. The molecule has 1 heteroatoms. The van der Waals surface area contributed by atoms with Crippen LogP contribution >= 0.6 is 0 Å². The molecule has 3 aromatic rings. The summed E-state index contributed by atoms with van der Waals surface area (Å²) < 4.78 is 0. The number of nitrogens with zero attached hydrogens (tertiary/aromatic N) is 1. The number of benzene rings is 2. The van der Waals surface area contributed by atoms with E-state index in [1.54, 1.807) is 0 Å². The zero-order chi connectivity index (χ0) is 11.8.